The summed E-state index contributed by atoms with van der Waals surface area (Å²) in [6, 6.07) is 0. The summed E-state index contributed by atoms with van der Waals surface area (Å²) in [6.45, 7) is 10.5. The number of hydrogen-bond donors (Lipinski definition) is 2. The number of Topliss-reactive ketones (excluding diaryl/α,β-unsaturated/α-hetero) is 1. The van der Waals surface area contributed by atoms with E-state index in [2.05, 4.69) is 45.8 Å². The normalized spacial score (nSPS) is 47.9. The van der Waals surface area contributed by atoms with Gasteiger partial charge in [-0.2, -0.15) is 0 Å². The number of allylic oxidation sites excluding steroid dienone is 6. The van der Waals surface area contributed by atoms with Crippen LogP contribution in [0.15, 0.2) is 46.6 Å². The molecule has 11 atom stereocenters. The summed E-state index contributed by atoms with van der Waals surface area (Å²) in [6.07, 6.45) is 25.4. The van der Waals surface area contributed by atoms with Crippen LogP contribution in [0.4, 0.5) is 0 Å². The molecule has 0 aromatic carbocycles. The highest BCUT2D eigenvalue weighted by Crippen LogP contribution is 2.68. The van der Waals surface area contributed by atoms with Crippen LogP contribution in [0.25, 0.3) is 0 Å². The fourth-order valence-electron chi connectivity index (χ4n) is 12.8. The van der Waals surface area contributed by atoms with Crippen molar-refractivity contribution in [1.29, 1.82) is 0 Å². The number of hydrogen-bond acceptors (Lipinski definition) is 5. The molecule has 5 heteroatoms. The fourth-order valence-corrected chi connectivity index (χ4v) is 12.8. The van der Waals surface area contributed by atoms with Crippen LogP contribution in [0.1, 0.15) is 118 Å². The molecule has 252 valence electrons. The molecule has 4 fully saturated rings. The number of terminal acetylenes is 1. The largest absolute Gasteiger partial charge is 0.382 e. The first kappa shape index (κ1) is 33.0. The Morgan fingerprint density at radius 3 is 2.30 bits per heavy atom. The van der Waals surface area contributed by atoms with Crippen LogP contribution in [0.3, 0.4) is 0 Å². The van der Waals surface area contributed by atoms with Gasteiger partial charge in [-0.1, -0.05) is 51.3 Å². The lowest BCUT2D eigenvalue weighted by molar-refractivity contribution is -0.161. The van der Waals surface area contributed by atoms with Gasteiger partial charge < -0.3 is 10.2 Å². The number of aliphatic hydroxyl groups is 2. The molecule has 0 aromatic rings. The molecule has 8 aliphatic carbocycles. The zero-order valence-electron chi connectivity index (χ0n) is 29.2. The molecule has 8 aliphatic rings. The van der Waals surface area contributed by atoms with E-state index < -0.39 is 11.2 Å². The molecular formula is C42H54O5. The smallest absolute Gasteiger partial charge is 0.161 e. The molecule has 0 aromatic heterocycles. The molecule has 0 unspecified atom stereocenters. The minimum atomic E-state index is -1.13. The van der Waals surface area contributed by atoms with Gasteiger partial charge in [0.25, 0.3) is 0 Å². The quantitative estimate of drug-likeness (QED) is 0.292. The second-order valence-corrected chi connectivity index (χ2v) is 17.4. The lowest BCUT2D eigenvalue weighted by Gasteiger charge is -2.60. The van der Waals surface area contributed by atoms with E-state index in [0.29, 0.717) is 67.0 Å². The Bertz CT molecular complexity index is 1590. The maximum atomic E-state index is 12.3. The lowest BCUT2D eigenvalue weighted by atomic mass is 9.45. The van der Waals surface area contributed by atoms with Gasteiger partial charge in [0.2, 0.25) is 0 Å². The second kappa shape index (κ2) is 11.0. The van der Waals surface area contributed by atoms with Gasteiger partial charge in [0.15, 0.2) is 17.3 Å². The van der Waals surface area contributed by atoms with Gasteiger partial charge in [-0.3, -0.25) is 14.4 Å². The summed E-state index contributed by atoms with van der Waals surface area (Å²) in [7, 11) is 0. The van der Waals surface area contributed by atoms with Gasteiger partial charge in [-0.25, -0.2) is 0 Å². The average Bonchev–Trinajstić information content (AvgIpc) is 3.48. The van der Waals surface area contributed by atoms with Crippen LogP contribution >= 0.6 is 0 Å². The van der Waals surface area contributed by atoms with E-state index >= 15 is 0 Å². The molecule has 8 rings (SSSR count). The van der Waals surface area contributed by atoms with Crippen molar-refractivity contribution in [2.75, 3.05) is 0 Å². The topological polar surface area (TPSA) is 91.7 Å². The number of fused-ring (bicyclic) bond motifs is 9. The minimum absolute atomic E-state index is 0.0464. The highest BCUT2D eigenvalue weighted by molar-refractivity contribution is 5.93. The Morgan fingerprint density at radius 2 is 1.57 bits per heavy atom. The van der Waals surface area contributed by atoms with Crippen molar-refractivity contribution in [3.05, 3.63) is 46.6 Å². The third-order valence-corrected chi connectivity index (χ3v) is 15.6. The summed E-state index contributed by atoms with van der Waals surface area (Å²) in [5.41, 5.74) is 2.83. The first-order valence-corrected chi connectivity index (χ1v) is 18.5. The van der Waals surface area contributed by atoms with Crippen LogP contribution < -0.4 is 0 Å². The highest BCUT2D eigenvalue weighted by atomic mass is 16.3. The minimum Gasteiger partial charge on any atom is -0.382 e. The third-order valence-electron chi connectivity index (χ3n) is 15.6. The first-order chi connectivity index (χ1) is 22.1. The molecule has 5 nitrogen and oxygen atoms in total. The van der Waals surface area contributed by atoms with Gasteiger partial charge in [-0.15, -0.1) is 6.42 Å². The average molecular weight is 639 g/mol. The van der Waals surface area contributed by atoms with E-state index in [1.807, 2.05) is 12.2 Å². The van der Waals surface area contributed by atoms with E-state index in [1.54, 1.807) is 6.92 Å². The monoisotopic (exact) mass is 638 g/mol. The molecule has 4 saturated carbocycles. The number of carbonyl (C=O) groups is 3. The Hall–Kier alpha value is -2.55. The Kier molecular flexibility index (Phi) is 7.70. The summed E-state index contributed by atoms with van der Waals surface area (Å²) < 4.78 is 0. The van der Waals surface area contributed by atoms with Crippen molar-refractivity contribution in [2.24, 2.45) is 51.8 Å². The fraction of sp³-hybridized carbons (Fsp3) is 0.690. The maximum absolute atomic E-state index is 12.3. The number of rotatable bonds is 1. The maximum Gasteiger partial charge on any atom is 0.161 e. The van der Waals surface area contributed by atoms with E-state index in [4.69, 9.17) is 6.42 Å². The van der Waals surface area contributed by atoms with Crippen LogP contribution in [0, 0.1) is 64.1 Å². The van der Waals surface area contributed by atoms with Crippen LogP contribution in [-0.4, -0.2) is 38.8 Å². The molecule has 0 bridgehead atoms. The van der Waals surface area contributed by atoms with E-state index in [-0.39, 0.29) is 27.8 Å². The number of carbonyl (C=O) groups excluding carboxylic acids is 3. The van der Waals surface area contributed by atoms with Crippen LogP contribution in [0.2, 0.25) is 0 Å². The lowest BCUT2D eigenvalue weighted by Crippen LogP contribution is -2.57. The molecule has 0 spiro atoms. The van der Waals surface area contributed by atoms with Gasteiger partial charge in [0.05, 0.1) is 0 Å². The Morgan fingerprint density at radius 1 is 0.872 bits per heavy atom. The van der Waals surface area contributed by atoms with E-state index in [1.165, 1.54) is 22.3 Å². The molecule has 0 aliphatic heterocycles. The second-order valence-electron chi connectivity index (χ2n) is 17.4. The molecule has 0 heterocycles. The summed E-state index contributed by atoms with van der Waals surface area (Å²) in [5.74, 6) is 6.11. The van der Waals surface area contributed by atoms with E-state index in [0.717, 1.165) is 57.8 Å². The van der Waals surface area contributed by atoms with E-state index in [9.17, 15) is 24.6 Å². The van der Waals surface area contributed by atoms with Crippen molar-refractivity contribution in [2.45, 2.75) is 129 Å². The van der Waals surface area contributed by atoms with Gasteiger partial charge in [0, 0.05) is 23.7 Å². The summed E-state index contributed by atoms with van der Waals surface area (Å²) in [5, 5.41) is 22.1. The molecular weight excluding hydrogens is 584 g/mol. The zero-order chi connectivity index (χ0) is 33.7. The SMILES string of the molecule is C#C[C@]1(O)CC[C@H]2[C@@H]3CCC4=CC(=O)CCC4=C3C=C[C@@]21C.CC(=O)[C@@]1(O)CC[C@H]2[C@@H]3C[C@H](C)C4=CC(=O)CC[C@]4(C)[C@H]3CC[C@@]21C. The predicted octanol–water partition coefficient (Wildman–Crippen LogP) is 7.42. The van der Waals surface area contributed by atoms with Crippen molar-refractivity contribution in [3.63, 3.8) is 0 Å². The van der Waals surface area contributed by atoms with Gasteiger partial charge >= 0.3 is 0 Å². The standard InChI is InChI=1S/C22H32O3.C20H22O2/c1-13-11-16-17(20(3)8-5-15(24)12-19(13)20)6-9-21(4)18(16)7-10-22(21,25)14(2)23;1-3-20(22)11-9-18-17-6-4-13-12-14(21)5-7-15(13)16(17)8-10-19(18,20)2/h12-13,16-18,25H,5-11H2,1-4H3;1,8,10,12,17-18,22H,4-7,9,11H2,2H3/t13-,16+,17-,18-,20+,21-,22-;17-,18+,19+,20+/m01/s1. The van der Waals surface area contributed by atoms with Crippen molar-refractivity contribution in [3.8, 4) is 12.3 Å². The van der Waals surface area contributed by atoms with Crippen LogP contribution in [-0.2, 0) is 14.4 Å². The molecule has 47 heavy (non-hydrogen) atoms. The highest BCUT2D eigenvalue weighted by Gasteiger charge is 2.66. The first-order valence-electron chi connectivity index (χ1n) is 18.5. The molecule has 0 radical (unpaired) electrons. The third kappa shape index (κ3) is 4.52. The van der Waals surface area contributed by atoms with Crippen LogP contribution in [0.5, 0.6) is 0 Å². The Labute approximate surface area is 281 Å². The number of ketones is 3. The van der Waals surface area contributed by atoms with Crippen molar-refractivity contribution in [1.82, 2.24) is 0 Å². The zero-order valence-corrected chi connectivity index (χ0v) is 29.2. The Balaban J connectivity index is 0.000000151. The predicted molar refractivity (Wildman–Crippen MR) is 183 cm³/mol. The van der Waals surface area contributed by atoms with Gasteiger partial charge in [-0.05, 0) is 147 Å². The van der Waals surface area contributed by atoms with Gasteiger partial charge in [0.1, 0.15) is 11.2 Å². The molecule has 2 N–H and O–H groups in total. The summed E-state index contributed by atoms with van der Waals surface area (Å²) >= 11 is 0. The summed E-state index contributed by atoms with van der Waals surface area (Å²) in [4.78, 5) is 36.0. The molecule has 0 saturated heterocycles. The van der Waals surface area contributed by atoms with Crippen molar-refractivity contribution < 1.29 is 24.6 Å². The molecule has 0 amide bonds. The van der Waals surface area contributed by atoms with Crippen molar-refractivity contribution >= 4 is 17.3 Å².